The van der Waals surface area contributed by atoms with Gasteiger partial charge >= 0.3 is 0 Å². The lowest BCUT2D eigenvalue weighted by Crippen LogP contribution is -2.49. The van der Waals surface area contributed by atoms with Gasteiger partial charge in [-0.2, -0.15) is 0 Å². The fourth-order valence-electron chi connectivity index (χ4n) is 3.38. The fraction of sp³-hybridized carbons (Fsp3) is 0.350. The van der Waals surface area contributed by atoms with Gasteiger partial charge in [-0.05, 0) is 30.5 Å². The third-order valence-corrected chi connectivity index (χ3v) is 4.93. The summed E-state index contributed by atoms with van der Waals surface area (Å²) in [5, 5.41) is 16.9. The molecule has 1 heterocycles. The highest BCUT2D eigenvalue weighted by Crippen LogP contribution is 2.35. The van der Waals surface area contributed by atoms with E-state index in [2.05, 4.69) is 10.6 Å². The molecule has 2 aromatic carbocycles. The molecule has 1 saturated heterocycles. The van der Waals surface area contributed by atoms with E-state index in [0.29, 0.717) is 39.1 Å². The molecule has 27 heavy (non-hydrogen) atoms. The van der Waals surface area contributed by atoms with Crippen molar-refractivity contribution in [2.45, 2.75) is 18.3 Å². The molecule has 0 bridgehead atoms. The van der Waals surface area contributed by atoms with Crippen LogP contribution in [0, 0.1) is 10.1 Å². The Morgan fingerprint density at radius 1 is 1.04 bits per heavy atom. The Morgan fingerprint density at radius 3 is 2.33 bits per heavy atom. The van der Waals surface area contributed by atoms with E-state index < -0.39 is 10.3 Å². The van der Waals surface area contributed by atoms with E-state index >= 15 is 0 Å². The Kier molecular flexibility index (Phi) is 6.03. The predicted molar refractivity (Wildman–Crippen MR) is 103 cm³/mol. The van der Waals surface area contributed by atoms with Crippen LogP contribution >= 0.6 is 0 Å². The molecule has 1 amide bonds. The lowest BCUT2D eigenvalue weighted by atomic mass is 9.73. The quantitative estimate of drug-likeness (QED) is 0.445. The molecule has 7 nitrogen and oxygen atoms in total. The molecule has 2 aromatic rings. The first-order valence-electron chi connectivity index (χ1n) is 9.02. The number of hydrogen-bond donors (Lipinski definition) is 2. The monoisotopic (exact) mass is 369 g/mol. The van der Waals surface area contributed by atoms with Crippen molar-refractivity contribution in [3.63, 3.8) is 0 Å². The zero-order valence-corrected chi connectivity index (χ0v) is 15.0. The molecule has 2 N–H and O–H groups in total. The molecule has 0 spiro atoms. The number of nitrogens with zero attached hydrogens (tertiary/aromatic N) is 1. The van der Waals surface area contributed by atoms with Gasteiger partial charge in [0.1, 0.15) is 0 Å². The van der Waals surface area contributed by atoms with Crippen LogP contribution in [0.15, 0.2) is 54.6 Å². The van der Waals surface area contributed by atoms with Gasteiger partial charge in [0.2, 0.25) is 5.91 Å². The van der Waals surface area contributed by atoms with E-state index in [0.717, 1.165) is 11.3 Å². The summed E-state index contributed by atoms with van der Waals surface area (Å²) in [6.45, 7) is 2.14. The summed E-state index contributed by atoms with van der Waals surface area (Å²) in [4.78, 5) is 23.2. The molecule has 1 aliphatic rings. The van der Waals surface area contributed by atoms with Crippen LogP contribution in [0.25, 0.3) is 0 Å². The van der Waals surface area contributed by atoms with Crippen molar-refractivity contribution in [2.24, 2.45) is 0 Å². The summed E-state index contributed by atoms with van der Waals surface area (Å²) in [6, 6.07) is 16.1. The number of nitro benzene ring substituents is 1. The van der Waals surface area contributed by atoms with Crippen molar-refractivity contribution in [1.29, 1.82) is 0 Å². The Morgan fingerprint density at radius 2 is 1.70 bits per heavy atom. The predicted octanol–water partition coefficient (Wildman–Crippen LogP) is 2.87. The van der Waals surface area contributed by atoms with Crippen molar-refractivity contribution in [3.8, 4) is 0 Å². The molecule has 142 valence electrons. The van der Waals surface area contributed by atoms with Gasteiger partial charge in [-0.3, -0.25) is 14.9 Å². The van der Waals surface area contributed by atoms with Crippen LogP contribution < -0.4 is 10.6 Å². The van der Waals surface area contributed by atoms with Crippen LogP contribution in [0.4, 0.5) is 11.4 Å². The van der Waals surface area contributed by atoms with E-state index in [9.17, 15) is 14.9 Å². The van der Waals surface area contributed by atoms with Crippen LogP contribution in [-0.4, -0.2) is 37.1 Å². The van der Waals surface area contributed by atoms with Gasteiger partial charge in [0.25, 0.3) is 5.69 Å². The third-order valence-electron chi connectivity index (χ3n) is 4.93. The number of anilines is 1. The van der Waals surface area contributed by atoms with E-state index in [4.69, 9.17) is 4.74 Å². The average molecular weight is 369 g/mol. The number of rotatable bonds is 7. The molecule has 1 aliphatic heterocycles. The summed E-state index contributed by atoms with van der Waals surface area (Å²) in [6.07, 6.45) is 1.33. The van der Waals surface area contributed by atoms with E-state index in [-0.39, 0.29) is 11.6 Å². The number of carbonyl (C=O) groups excluding carboxylic acids is 1. The van der Waals surface area contributed by atoms with Crippen LogP contribution in [0.3, 0.4) is 0 Å². The molecular formula is C20H23N3O4. The van der Waals surface area contributed by atoms with E-state index in [1.54, 1.807) is 12.1 Å². The standard InChI is InChI=1S/C20H23N3O4/c24-19(20(10-14-27-15-11-20)16-4-2-1-3-5-16)22-13-12-21-17-6-8-18(9-7-17)23(25)26/h1-9,21H,10-15H2,(H,22,24). The summed E-state index contributed by atoms with van der Waals surface area (Å²) in [5.74, 6) is 0.0162. The number of nitro groups is 1. The normalized spacial score (nSPS) is 15.7. The molecule has 0 aromatic heterocycles. The van der Waals surface area contributed by atoms with Gasteiger partial charge in [0.15, 0.2) is 0 Å². The van der Waals surface area contributed by atoms with Gasteiger partial charge in [-0.15, -0.1) is 0 Å². The number of hydrogen-bond acceptors (Lipinski definition) is 5. The largest absolute Gasteiger partial charge is 0.383 e. The number of amides is 1. The molecule has 0 atom stereocenters. The van der Waals surface area contributed by atoms with Crippen LogP contribution in [0.1, 0.15) is 18.4 Å². The second kappa shape index (κ2) is 8.64. The summed E-state index contributed by atoms with van der Waals surface area (Å²) in [5.41, 5.74) is 1.30. The molecule has 0 unspecified atom stereocenters. The van der Waals surface area contributed by atoms with Crippen LogP contribution in [0.2, 0.25) is 0 Å². The SMILES string of the molecule is O=C(NCCNc1ccc([N+](=O)[O-])cc1)C1(c2ccccc2)CCOCC1. The van der Waals surface area contributed by atoms with Gasteiger partial charge < -0.3 is 15.4 Å². The highest BCUT2D eigenvalue weighted by molar-refractivity contribution is 5.88. The molecule has 0 radical (unpaired) electrons. The van der Waals surface area contributed by atoms with Crippen LogP contribution in [0.5, 0.6) is 0 Å². The second-order valence-corrected chi connectivity index (χ2v) is 6.55. The minimum absolute atomic E-state index is 0.0162. The first-order valence-corrected chi connectivity index (χ1v) is 9.02. The summed E-state index contributed by atoms with van der Waals surface area (Å²) < 4.78 is 5.47. The third kappa shape index (κ3) is 4.43. The van der Waals surface area contributed by atoms with Gasteiger partial charge in [-0.25, -0.2) is 0 Å². The Balaban J connectivity index is 1.56. The van der Waals surface area contributed by atoms with Crippen molar-refractivity contribution in [3.05, 3.63) is 70.3 Å². The van der Waals surface area contributed by atoms with Gasteiger partial charge in [0.05, 0.1) is 10.3 Å². The Bertz CT molecular complexity index is 772. The minimum atomic E-state index is -0.549. The lowest BCUT2D eigenvalue weighted by Gasteiger charge is -2.36. The Labute approximate surface area is 157 Å². The number of ether oxygens (including phenoxy) is 1. The lowest BCUT2D eigenvalue weighted by molar-refractivity contribution is -0.384. The maximum atomic E-state index is 13.0. The maximum Gasteiger partial charge on any atom is 0.269 e. The highest BCUT2D eigenvalue weighted by atomic mass is 16.6. The van der Waals surface area contributed by atoms with Crippen molar-refractivity contribution < 1.29 is 14.5 Å². The van der Waals surface area contributed by atoms with Crippen molar-refractivity contribution >= 4 is 17.3 Å². The maximum absolute atomic E-state index is 13.0. The summed E-state index contributed by atoms with van der Waals surface area (Å²) in [7, 11) is 0. The van der Waals surface area contributed by atoms with Crippen molar-refractivity contribution in [2.75, 3.05) is 31.6 Å². The van der Waals surface area contributed by atoms with Crippen molar-refractivity contribution in [1.82, 2.24) is 5.32 Å². The molecule has 7 heteroatoms. The number of benzene rings is 2. The fourth-order valence-corrected chi connectivity index (χ4v) is 3.38. The number of carbonyl (C=O) groups is 1. The average Bonchev–Trinajstić information content (AvgIpc) is 2.72. The topological polar surface area (TPSA) is 93.5 Å². The van der Waals surface area contributed by atoms with E-state index in [1.165, 1.54) is 12.1 Å². The minimum Gasteiger partial charge on any atom is -0.383 e. The highest BCUT2D eigenvalue weighted by Gasteiger charge is 2.41. The molecule has 3 rings (SSSR count). The number of non-ortho nitro benzene ring substituents is 1. The summed E-state index contributed by atoms with van der Waals surface area (Å²) >= 11 is 0. The molecular weight excluding hydrogens is 346 g/mol. The molecule has 1 fully saturated rings. The van der Waals surface area contributed by atoms with E-state index in [1.807, 2.05) is 30.3 Å². The van der Waals surface area contributed by atoms with Crippen LogP contribution in [-0.2, 0) is 14.9 Å². The first kappa shape index (κ1) is 18.8. The zero-order chi connectivity index (χ0) is 19.1. The molecule has 0 saturated carbocycles. The smallest absolute Gasteiger partial charge is 0.269 e. The van der Waals surface area contributed by atoms with Gasteiger partial charge in [-0.1, -0.05) is 30.3 Å². The zero-order valence-electron chi connectivity index (χ0n) is 15.0. The van der Waals surface area contributed by atoms with Gasteiger partial charge in [0, 0.05) is 44.1 Å². The molecule has 0 aliphatic carbocycles. The Hall–Kier alpha value is -2.93. The second-order valence-electron chi connectivity index (χ2n) is 6.55. The number of nitrogens with one attached hydrogen (secondary N) is 2. The first-order chi connectivity index (χ1) is 13.1.